The zero-order valence-electron chi connectivity index (χ0n) is 29.9. The van der Waals surface area contributed by atoms with Crippen LogP contribution in [0.4, 0.5) is 17.1 Å². The topological polar surface area (TPSA) is 164 Å². The first-order valence-corrected chi connectivity index (χ1v) is 20.0. The summed E-state index contributed by atoms with van der Waals surface area (Å²) in [6.45, 7) is 12.0. The number of hydrogen-bond donors (Lipinski definition) is 4. The minimum Gasteiger partial charge on any atom is -0.506 e. The highest BCUT2D eigenvalue weighted by Gasteiger charge is 2.34. The number of amides is 1. The van der Waals surface area contributed by atoms with E-state index in [0.717, 1.165) is 43.7 Å². The standard InChI is InChI=1S/C36H52N2O10P2/c1-7-9-22-45-49(41,42)47-29-24-31-35(33(25-29)48-50(43,44)46-23-10-8-2)37-34-30(18-13-19-32(34)39)36(40)38(31)21-20-28(6)17-12-16-27(5)15-11-14-26(3)4/h13-14,16,18-20,24-25,37,39H,7-12,15,17,21-23H2,1-6H3,(H,41,42)(H,43,44)/b27-16+,28-20+. The summed E-state index contributed by atoms with van der Waals surface area (Å²) >= 11 is 0. The van der Waals surface area contributed by atoms with Gasteiger partial charge in [-0.05, 0) is 78.4 Å². The summed E-state index contributed by atoms with van der Waals surface area (Å²) in [4.78, 5) is 36.6. The fraction of sp³-hybridized carbons (Fsp3) is 0.472. The van der Waals surface area contributed by atoms with E-state index in [1.54, 1.807) is 0 Å². The Labute approximate surface area is 296 Å². The van der Waals surface area contributed by atoms with Crippen molar-refractivity contribution in [3.8, 4) is 17.2 Å². The SMILES string of the molecule is CCCCOP(=O)(O)Oc1cc(OP(=O)(O)OCCCC)c2c(c1)N(C/C=C(\C)CC/C=C(\C)CCC=C(C)C)C(=O)c1cccc(O)c1N2. The Hall–Kier alpha value is -3.37. The third-order valence-corrected chi connectivity index (χ3v) is 9.68. The zero-order chi connectivity index (χ0) is 36.9. The molecule has 4 N–H and O–H groups in total. The third-order valence-electron chi connectivity index (χ3n) is 7.80. The Bertz CT molecular complexity index is 1670. The van der Waals surface area contributed by atoms with Crippen LogP contribution in [-0.4, -0.2) is 40.6 Å². The van der Waals surface area contributed by atoms with Crippen LogP contribution < -0.4 is 19.3 Å². The minimum absolute atomic E-state index is 0.0277. The van der Waals surface area contributed by atoms with Crippen molar-refractivity contribution in [3.05, 3.63) is 70.8 Å². The first-order valence-electron chi connectivity index (χ1n) is 17.0. The molecule has 0 spiro atoms. The second kappa shape index (κ2) is 19.3. The molecule has 2 aromatic rings. The van der Waals surface area contributed by atoms with Gasteiger partial charge >= 0.3 is 15.6 Å². The number of anilines is 3. The number of rotatable bonds is 20. The average Bonchev–Trinajstić information content (AvgIpc) is 3.14. The lowest BCUT2D eigenvalue weighted by Gasteiger charge is -2.25. The number of phosphoric acid groups is 2. The lowest BCUT2D eigenvalue weighted by molar-refractivity contribution is 0.0990. The van der Waals surface area contributed by atoms with Crippen molar-refractivity contribution in [3.63, 3.8) is 0 Å². The highest BCUT2D eigenvalue weighted by Crippen LogP contribution is 2.54. The van der Waals surface area contributed by atoms with E-state index < -0.39 is 21.6 Å². The molecule has 2 aromatic carbocycles. The van der Waals surface area contributed by atoms with Crippen molar-refractivity contribution in [1.29, 1.82) is 0 Å². The van der Waals surface area contributed by atoms with Gasteiger partial charge in [-0.25, -0.2) is 9.13 Å². The largest absolute Gasteiger partial charge is 0.527 e. The predicted molar refractivity (Wildman–Crippen MR) is 198 cm³/mol. The maximum atomic E-state index is 14.1. The number of allylic oxidation sites excluding steroid dienone is 5. The Kier molecular flexibility index (Phi) is 15.8. The van der Waals surface area contributed by atoms with E-state index in [1.807, 2.05) is 26.8 Å². The molecule has 2 atom stereocenters. The molecule has 3 rings (SSSR count). The van der Waals surface area contributed by atoms with Gasteiger partial charge in [-0.2, -0.15) is 0 Å². The average molecular weight is 735 g/mol. The molecule has 0 aliphatic carbocycles. The molecule has 276 valence electrons. The van der Waals surface area contributed by atoms with Gasteiger partial charge in [0.15, 0.2) is 5.75 Å². The Morgan fingerprint density at radius 1 is 0.840 bits per heavy atom. The lowest BCUT2D eigenvalue weighted by Crippen LogP contribution is -2.30. The van der Waals surface area contributed by atoms with Gasteiger partial charge in [0.1, 0.15) is 17.2 Å². The van der Waals surface area contributed by atoms with Crippen LogP contribution in [0.25, 0.3) is 0 Å². The van der Waals surface area contributed by atoms with Gasteiger partial charge in [-0.3, -0.25) is 23.6 Å². The van der Waals surface area contributed by atoms with Crippen LogP contribution in [0.5, 0.6) is 17.2 Å². The number of unbranched alkanes of at least 4 members (excludes halogenated alkanes) is 2. The number of nitrogens with one attached hydrogen (secondary N) is 1. The summed E-state index contributed by atoms with van der Waals surface area (Å²) in [5.74, 6) is -1.35. The molecule has 1 aliphatic heterocycles. The monoisotopic (exact) mass is 734 g/mol. The normalized spacial score (nSPS) is 15.6. The van der Waals surface area contributed by atoms with Crippen LogP contribution in [-0.2, 0) is 18.2 Å². The van der Waals surface area contributed by atoms with Gasteiger partial charge in [0.25, 0.3) is 5.91 Å². The molecule has 1 amide bonds. The second-order valence-electron chi connectivity index (χ2n) is 12.5. The minimum atomic E-state index is -4.74. The number of hydrogen-bond acceptors (Lipinski definition) is 9. The summed E-state index contributed by atoms with van der Waals surface area (Å²) in [7, 11) is -9.39. The zero-order valence-corrected chi connectivity index (χ0v) is 31.7. The van der Waals surface area contributed by atoms with Gasteiger partial charge in [0.05, 0.1) is 30.2 Å². The molecule has 1 heterocycles. The summed E-state index contributed by atoms with van der Waals surface area (Å²) in [5, 5.41) is 13.8. The summed E-state index contributed by atoms with van der Waals surface area (Å²) < 4.78 is 47.1. The van der Waals surface area contributed by atoms with E-state index >= 15 is 0 Å². The summed E-state index contributed by atoms with van der Waals surface area (Å²) in [6.07, 6.45) is 12.3. The van der Waals surface area contributed by atoms with Crippen molar-refractivity contribution in [2.24, 2.45) is 0 Å². The van der Waals surface area contributed by atoms with E-state index in [-0.39, 0.29) is 59.6 Å². The van der Waals surface area contributed by atoms with Crippen molar-refractivity contribution in [2.75, 3.05) is 30.0 Å². The molecule has 0 fully saturated rings. The highest BCUT2D eigenvalue weighted by molar-refractivity contribution is 7.48. The van der Waals surface area contributed by atoms with Crippen LogP contribution in [0.15, 0.2) is 65.3 Å². The maximum Gasteiger partial charge on any atom is 0.527 e. The van der Waals surface area contributed by atoms with Crippen LogP contribution in [0.3, 0.4) is 0 Å². The van der Waals surface area contributed by atoms with Crippen molar-refractivity contribution >= 4 is 38.6 Å². The molecule has 14 heteroatoms. The lowest BCUT2D eigenvalue weighted by atomic mass is 10.1. The van der Waals surface area contributed by atoms with Crippen molar-refractivity contribution < 1.29 is 46.9 Å². The number of nitrogens with zero attached hydrogens (tertiary/aromatic N) is 1. The Morgan fingerprint density at radius 2 is 1.44 bits per heavy atom. The molecule has 0 saturated carbocycles. The number of benzene rings is 2. The smallest absolute Gasteiger partial charge is 0.506 e. The number of fused-ring (bicyclic) bond motifs is 2. The fourth-order valence-corrected chi connectivity index (χ4v) is 6.58. The quantitative estimate of drug-likeness (QED) is 0.0443. The van der Waals surface area contributed by atoms with Crippen LogP contribution >= 0.6 is 15.6 Å². The van der Waals surface area contributed by atoms with Crippen molar-refractivity contribution in [2.45, 2.75) is 92.9 Å². The highest BCUT2D eigenvalue weighted by atomic mass is 31.2. The molecule has 50 heavy (non-hydrogen) atoms. The molecular formula is C36H52N2O10P2. The number of para-hydroxylation sites is 1. The molecule has 12 nitrogen and oxygen atoms in total. The van der Waals surface area contributed by atoms with Gasteiger partial charge < -0.3 is 24.4 Å². The summed E-state index contributed by atoms with van der Waals surface area (Å²) in [5.41, 5.74) is 3.90. The van der Waals surface area contributed by atoms with Gasteiger partial charge in [-0.15, -0.1) is 0 Å². The van der Waals surface area contributed by atoms with E-state index in [9.17, 15) is 28.8 Å². The van der Waals surface area contributed by atoms with Gasteiger partial charge in [0.2, 0.25) is 0 Å². The van der Waals surface area contributed by atoms with Gasteiger partial charge in [0, 0.05) is 18.7 Å². The Morgan fingerprint density at radius 3 is 2.06 bits per heavy atom. The first kappa shape index (κ1) is 41.1. The van der Waals surface area contributed by atoms with Crippen molar-refractivity contribution in [1.82, 2.24) is 0 Å². The number of carbonyl (C=O) groups excluding carboxylic acids is 1. The molecule has 2 unspecified atom stereocenters. The van der Waals surface area contributed by atoms with E-state index in [4.69, 9.17) is 18.1 Å². The number of phenolic OH excluding ortho intramolecular Hbond substituents is 1. The van der Waals surface area contributed by atoms with Crippen LogP contribution in [0, 0.1) is 0 Å². The third kappa shape index (κ3) is 12.7. The second-order valence-corrected chi connectivity index (χ2v) is 15.3. The predicted octanol–water partition coefficient (Wildman–Crippen LogP) is 10.1. The fourth-order valence-electron chi connectivity index (χ4n) is 4.99. The number of aromatic hydroxyl groups is 1. The van der Waals surface area contributed by atoms with E-state index in [0.29, 0.717) is 19.3 Å². The molecule has 0 aromatic heterocycles. The number of carbonyl (C=O) groups is 1. The first-order chi connectivity index (χ1) is 23.7. The van der Waals surface area contributed by atoms with E-state index in [2.05, 4.69) is 38.2 Å². The number of phosphoric ester groups is 2. The number of phenols is 1. The molecule has 1 aliphatic rings. The van der Waals surface area contributed by atoms with Crippen LogP contribution in [0.1, 0.15) is 103 Å². The molecule has 0 radical (unpaired) electrons. The summed E-state index contributed by atoms with van der Waals surface area (Å²) in [6, 6.07) is 6.93. The Balaban J connectivity index is 2.07. The maximum absolute atomic E-state index is 14.1. The van der Waals surface area contributed by atoms with Gasteiger partial charge in [-0.1, -0.05) is 67.7 Å². The molecule has 0 saturated heterocycles. The molecular weight excluding hydrogens is 682 g/mol. The van der Waals surface area contributed by atoms with Crippen LogP contribution in [0.2, 0.25) is 0 Å². The van der Waals surface area contributed by atoms with E-state index in [1.165, 1.54) is 40.3 Å². The molecule has 0 bridgehead atoms.